The van der Waals surface area contributed by atoms with Crippen molar-refractivity contribution in [1.82, 2.24) is 25.3 Å². The van der Waals surface area contributed by atoms with Crippen LogP contribution in [0.25, 0.3) is 11.1 Å². The highest BCUT2D eigenvalue weighted by molar-refractivity contribution is 5.97. The Morgan fingerprint density at radius 3 is 2.49 bits per heavy atom. The number of hydrogen-bond donors (Lipinski definition) is 2. The lowest BCUT2D eigenvalue weighted by Gasteiger charge is -2.21. The van der Waals surface area contributed by atoms with Gasteiger partial charge in [-0.3, -0.25) is 23.9 Å². The van der Waals surface area contributed by atoms with E-state index in [-0.39, 0.29) is 55.9 Å². The number of carbonyl (C=O) groups excluding carboxylic acids is 4. The molecule has 2 atom stereocenters. The molecule has 0 saturated carbocycles. The van der Waals surface area contributed by atoms with Crippen molar-refractivity contribution >= 4 is 23.5 Å². The van der Waals surface area contributed by atoms with E-state index >= 15 is 4.39 Å². The zero-order chi connectivity index (χ0) is 33.2. The summed E-state index contributed by atoms with van der Waals surface area (Å²) in [4.78, 5) is 53.2. The maximum Gasteiger partial charge on any atom is 0.258 e. The van der Waals surface area contributed by atoms with E-state index in [9.17, 15) is 19.2 Å². The minimum Gasteiger partial charge on any atom is -0.486 e. The fourth-order valence-corrected chi connectivity index (χ4v) is 5.98. The van der Waals surface area contributed by atoms with Gasteiger partial charge in [-0.15, -0.1) is 0 Å². The van der Waals surface area contributed by atoms with Gasteiger partial charge < -0.3 is 25.0 Å². The molecule has 0 unspecified atom stereocenters. The Labute approximate surface area is 270 Å². The van der Waals surface area contributed by atoms with Crippen molar-refractivity contribution in [2.75, 3.05) is 19.7 Å². The van der Waals surface area contributed by atoms with Crippen LogP contribution in [0.5, 0.6) is 11.5 Å². The highest BCUT2D eigenvalue weighted by atomic mass is 19.1. The predicted molar refractivity (Wildman–Crippen MR) is 170 cm³/mol. The first kappa shape index (κ1) is 31.5. The second-order valence-electron chi connectivity index (χ2n) is 11.7. The summed E-state index contributed by atoms with van der Waals surface area (Å²) in [5.41, 5.74) is 3.53. The summed E-state index contributed by atoms with van der Waals surface area (Å²) in [6, 6.07) is 17.6. The Hall–Kier alpha value is -5.52. The van der Waals surface area contributed by atoms with Gasteiger partial charge in [0, 0.05) is 18.8 Å². The van der Waals surface area contributed by atoms with Gasteiger partial charge >= 0.3 is 0 Å². The van der Waals surface area contributed by atoms with Crippen molar-refractivity contribution in [3.05, 3.63) is 101 Å². The van der Waals surface area contributed by atoms with Crippen molar-refractivity contribution < 1.29 is 33.0 Å². The molecule has 12 heteroatoms. The number of Topliss-reactive ketones (excluding diaryl/α,β-unsaturated/α-hetero) is 1. The molecule has 1 fully saturated rings. The Morgan fingerprint density at radius 1 is 0.979 bits per heavy atom. The quantitative estimate of drug-likeness (QED) is 0.328. The molecule has 3 aliphatic heterocycles. The number of rotatable bonds is 3. The first-order valence-electron chi connectivity index (χ1n) is 15.2. The third kappa shape index (κ3) is 6.86. The first-order chi connectivity index (χ1) is 22.5. The van der Waals surface area contributed by atoms with Gasteiger partial charge in [0.05, 0.1) is 29.4 Å². The molecule has 7 rings (SSSR count). The normalized spacial score (nSPS) is 18.0. The third-order valence-corrected chi connectivity index (χ3v) is 8.40. The van der Waals surface area contributed by atoms with E-state index in [0.717, 1.165) is 5.56 Å². The van der Waals surface area contributed by atoms with E-state index < -0.39 is 23.9 Å². The average molecular weight is 640 g/mol. The van der Waals surface area contributed by atoms with Crippen LogP contribution in [-0.4, -0.2) is 70.0 Å². The largest absolute Gasteiger partial charge is 0.486 e. The SMILES string of the molecule is CC(=O)c1c(C)nn(CC(=O)N2C[C@@H]3NC(=O)c4cc(ccc4F)-c4cccc(c4)OCC(=O)NCc4ccc(cc4)O[C@H]3C2)c1C. The van der Waals surface area contributed by atoms with Gasteiger partial charge in [-0.2, -0.15) is 5.10 Å². The number of amides is 3. The molecule has 47 heavy (non-hydrogen) atoms. The maximum absolute atomic E-state index is 15.1. The topological polar surface area (TPSA) is 132 Å². The summed E-state index contributed by atoms with van der Waals surface area (Å²) < 4.78 is 28.6. The number of aryl methyl sites for hydroxylation is 1. The molecule has 3 aromatic carbocycles. The van der Waals surface area contributed by atoms with Crippen molar-refractivity contribution in [1.29, 1.82) is 0 Å². The standard InChI is InChI=1S/C35H34FN5O6/c1-20-34(22(3)42)21(2)41(39-20)18-33(44)40-16-30-31(17-40)47-26-10-7-23(8-11-26)15-37-32(43)19-46-27-6-4-5-24(13-27)25-9-12-29(36)28(14-25)35(45)38-30/h4-14,30-31H,15-19H2,1-3H3,(H,37,43)(H,38,45)/t30-,31-/m0/s1. The lowest BCUT2D eigenvalue weighted by Crippen LogP contribution is -2.45. The van der Waals surface area contributed by atoms with Gasteiger partial charge in [-0.25, -0.2) is 4.39 Å². The smallest absolute Gasteiger partial charge is 0.258 e. The molecular weight excluding hydrogens is 605 g/mol. The van der Waals surface area contributed by atoms with Gasteiger partial charge in [-0.1, -0.05) is 30.3 Å². The molecule has 11 nitrogen and oxygen atoms in total. The molecule has 1 aromatic heterocycles. The average Bonchev–Trinajstić information content (AvgIpc) is 3.57. The summed E-state index contributed by atoms with van der Waals surface area (Å²) in [5.74, 6) is -1.13. The Balaban J connectivity index is 1.30. The lowest BCUT2D eigenvalue weighted by atomic mass is 10.0. The van der Waals surface area contributed by atoms with Crippen LogP contribution in [0.1, 0.15) is 44.6 Å². The number of ether oxygens (including phenoxy) is 2. The molecule has 3 amide bonds. The number of likely N-dealkylation sites (tertiary alicyclic amines) is 1. The number of hydrogen-bond acceptors (Lipinski definition) is 7. The Kier molecular flexibility index (Phi) is 8.75. The number of halogens is 1. The second kappa shape index (κ2) is 13.1. The van der Waals surface area contributed by atoms with Crippen molar-refractivity contribution in [3.63, 3.8) is 0 Å². The molecule has 0 aliphatic carbocycles. The highest BCUT2D eigenvalue weighted by Crippen LogP contribution is 2.27. The molecule has 242 valence electrons. The van der Waals surface area contributed by atoms with E-state index in [1.807, 2.05) is 0 Å². The van der Waals surface area contributed by atoms with Gasteiger partial charge in [0.2, 0.25) is 5.91 Å². The van der Waals surface area contributed by atoms with Crippen LogP contribution in [0.2, 0.25) is 0 Å². The second-order valence-corrected chi connectivity index (χ2v) is 11.7. The van der Waals surface area contributed by atoms with E-state index in [4.69, 9.17) is 9.47 Å². The molecule has 1 saturated heterocycles. The molecule has 0 radical (unpaired) electrons. The van der Waals surface area contributed by atoms with E-state index in [1.165, 1.54) is 23.7 Å². The van der Waals surface area contributed by atoms with Gasteiger partial charge in [-0.05, 0) is 73.9 Å². The number of aromatic nitrogens is 2. The first-order valence-corrected chi connectivity index (χ1v) is 15.2. The zero-order valence-corrected chi connectivity index (χ0v) is 26.2. The van der Waals surface area contributed by atoms with Crippen molar-refractivity contribution in [3.8, 4) is 22.6 Å². The summed E-state index contributed by atoms with van der Waals surface area (Å²) in [6.07, 6.45) is -0.660. The van der Waals surface area contributed by atoms with Gasteiger partial charge in [0.15, 0.2) is 12.4 Å². The van der Waals surface area contributed by atoms with E-state index in [1.54, 1.807) is 73.3 Å². The number of fused-ring (bicyclic) bond motifs is 7. The number of nitrogens with one attached hydrogen (secondary N) is 2. The number of carbonyl (C=O) groups is 4. The van der Waals surface area contributed by atoms with E-state index in [2.05, 4.69) is 15.7 Å². The summed E-state index contributed by atoms with van der Waals surface area (Å²) in [6.45, 7) is 5.17. The molecule has 4 heterocycles. The minimum atomic E-state index is -0.706. The van der Waals surface area contributed by atoms with Crippen LogP contribution >= 0.6 is 0 Å². The number of benzene rings is 3. The summed E-state index contributed by atoms with van der Waals surface area (Å²) in [5, 5.41) is 10.1. The number of ketones is 1. The van der Waals surface area contributed by atoms with E-state index in [0.29, 0.717) is 39.6 Å². The predicted octanol–water partition coefficient (Wildman–Crippen LogP) is 3.61. The summed E-state index contributed by atoms with van der Waals surface area (Å²) >= 11 is 0. The molecule has 6 bridgehead atoms. The molecule has 2 N–H and O–H groups in total. The molecular formula is C35H34FN5O6. The van der Waals surface area contributed by atoms with Crippen LogP contribution < -0.4 is 20.1 Å². The van der Waals surface area contributed by atoms with Gasteiger partial charge in [0.25, 0.3) is 11.8 Å². The monoisotopic (exact) mass is 639 g/mol. The van der Waals surface area contributed by atoms with Crippen LogP contribution in [-0.2, 0) is 22.7 Å². The lowest BCUT2D eigenvalue weighted by molar-refractivity contribution is -0.131. The Bertz CT molecular complexity index is 1870. The summed E-state index contributed by atoms with van der Waals surface area (Å²) in [7, 11) is 0. The fraction of sp³-hybridized carbons (Fsp3) is 0.286. The van der Waals surface area contributed by atoms with Crippen LogP contribution in [0, 0.1) is 19.7 Å². The molecule has 4 aromatic rings. The Morgan fingerprint density at radius 2 is 1.74 bits per heavy atom. The fourth-order valence-electron chi connectivity index (χ4n) is 5.98. The molecule has 0 spiro atoms. The van der Waals surface area contributed by atoms with Crippen molar-refractivity contribution in [2.45, 2.75) is 46.0 Å². The zero-order valence-electron chi connectivity index (χ0n) is 26.2. The maximum atomic E-state index is 15.1. The molecule has 3 aliphatic rings. The number of nitrogens with zero attached hydrogens (tertiary/aromatic N) is 3. The highest BCUT2D eigenvalue weighted by Gasteiger charge is 2.38. The van der Waals surface area contributed by atoms with Gasteiger partial charge in [0.1, 0.15) is 30.0 Å². The minimum absolute atomic E-state index is 0.104. The van der Waals surface area contributed by atoms with Crippen LogP contribution in [0.3, 0.4) is 0 Å². The van der Waals surface area contributed by atoms with Crippen molar-refractivity contribution in [2.24, 2.45) is 0 Å². The van der Waals surface area contributed by atoms with Crippen LogP contribution in [0.15, 0.2) is 66.7 Å². The van der Waals surface area contributed by atoms with Crippen LogP contribution in [0.4, 0.5) is 4.39 Å². The third-order valence-electron chi connectivity index (χ3n) is 8.40.